The Bertz CT molecular complexity index is 1300. The molecule has 2 heterocycles. The van der Waals surface area contributed by atoms with E-state index in [1.165, 1.54) is 0 Å². The van der Waals surface area contributed by atoms with E-state index in [1.54, 1.807) is 7.11 Å². The summed E-state index contributed by atoms with van der Waals surface area (Å²) in [5, 5.41) is 0. The van der Waals surface area contributed by atoms with Crippen molar-refractivity contribution < 1.29 is 28.5 Å². The van der Waals surface area contributed by atoms with E-state index in [2.05, 4.69) is 24.8 Å². The zero-order chi connectivity index (χ0) is 29.3. The van der Waals surface area contributed by atoms with Crippen molar-refractivity contribution in [1.29, 1.82) is 0 Å². The molecule has 8 heteroatoms. The number of rotatable bonds is 11. The number of fused-ring (bicyclic) bond motifs is 1. The number of hydrogen-bond acceptors (Lipinski definition) is 7. The van der Waals surface area contributed by atoms with Crippen LogP contribution in [0.1, 0.15) is 30.5 Å². The second kappa shape index (κ2) is 14.5. The van der Waals surface area contributed by atoms with E-state index in [4.69, 9.17) is 23.7 Å². The van der Waals surface area contributed by atoms with Gasteiger partial charge in [-0.05, 0) is 35.2 Å². The van der Waals surface area contributed by atoms with Crippen molar-refractivity contribution in [3.63, 3.8) is 0 Å². The summed E-state index contributed by atoms with van der Waals surface area (Å²) in [6.45, 7) is 9.20. The summed E-state index contributed by atoms with van der Waals surface area (Å²) in [6, 6.07) is 24.0. The highest BCUT2D eigenvalue weighted by molar-refractivity contribution is 5.81. The summed E-state index contributed by atoms with van der Waals surface area (Å²) in [7, 11) is 1.69. The number of hydrogen-bond donors (Lipinski definition) is 0. The van der Waals surface area contributed by atoms with Gasteiger partial charge in [0, 0.05) is 38.3 Å². The molecule has 3 aromatic rings. The number of ether oxygens (including phenoxy) is 5. The molecule has 1 fully saturated rings. The highest BCUT2D eigenvalue weighted by Gasteiger charge is 2.31. The molecule has 42 heavy (non-hydrogen) atoms. The maximum absolute atomic E-state index is 13.8. The molecule has 3 aromatic carbocycles. The monoisotopic (exact) mass is 574 g/mol. The molecule has 8 nitrogen and oxygen atoms in total. The van der Waals surface area contributed by atoms with Crippen LogP contribution in [0.2, 0.25) is 0 Å². The lowest BCUT2D eigenvalue weighted by atomic mass is 10.1. The molecule has 224 valence electrons. The highest BCUT2D eigenvalue weighted by atomic mass is 16.6. The third kappa shape index (κ3) is 8.03. The zero-order valence-electron chi connectivity index (χ0n) is 24.9. The van der Waals surface area contributed by atoms with Crippen LogP contribution in [0.4, 0.5) is 0 Å². The van der Waals surface area contributed by atoms with E-state index >= 15 is 0 Å². The average molecular weight is 575 g/mol. The van der Waals surface area contributed by atoms with Crippen LogP contribution in [0.5, 0.6) is 17.2 Å². The van der Waals surface area contributed by atoms with Gasteiger partial charge in [0.05, 0.1) is 20.3 Å². The van der Waals surface area contributed by atoms with Gasteiger partial charge in [0.25, 0.3) is 5.91 Å². The van der Waals surface area contributed by atoms with Gasteiger partial charge in [-0.15, -0.1) is 0 Å². The van der Waals surface area contributed by atoms with E-state index in [0.29, 0.717) is 70.0 Å². The molecular weight excluding hydrogens is 532 g/mol. The standard InChI is InChI=1S/C34H42N2O6/c1-25(2)18-36(34(37)33-21-35(15-16-39-33)20-28-11-7-8-12-30(28)38-3)19-27-13-14-31-32(17-27)42-24-29(23-41-31)40-22-26-9-5-4-6-10-26/h4-14,17,25,29,33H,15-16,18-24H2,1-3H3. The maximum Gasteiger partial charge on any atom is 0.253 e. The molecule has 2 atom stereocenters. The first-order chi connectivity index (χ1) is 20.5. The highest BCUT2D eigenvalue weighted by Crippen LogP contribution is 2.32. The fraction of sp³-hybridized carbons (Fsp3) is 0.441. The Hall–Kier alpha value is -3.59. The molecule has 0 bridgehead atoms. The quantitative estimate of drug-likeness (QED) is 0.321. The van der Waals surface area contributed by atoms with Crippen LogP contribution >= 0.6 is 0 Å². The van der Waals surface area contributed by atoms with Crippen molar-refractivity contribution in [3.05, 3.63) is 89.5 Å². The molecule has 1 amide bonds. The van der Waals surface area contributed by atoms with Crippen molar-refractivity contribution >= 4 is 5.91 Å². The number of carbonyl (C=O) groups excluding carboxylic acids is 1. The molecule has 2 aliphatic rings. The van der Waals surface area contributed by atoms with E-state index in [9.17, 15) is 4.79 Å². The number of amides is 1. The van der Waals surface area contributed by atoms with Gasteiger partial charge in [-0.1, -0.05) is 68.4 Å². The predicted molar refractivity (Wildman–Crippen MR) is 161 cm³/mol. The maximum atomic E-state index is 13.8. The predicted octanol–water partition coefficient (Wildman–Crippen LogP) is 4.94. The number of para-hydroxylation sites is 1. The van der Waals surface area contributed by atoms with Gasteiger partial charge in [-0.2, -0.15) is 0 Å². The SMILES string of the molecule is COc1ccccc1CN1CCOC(C(=O)N(Cc2ccc3c(c2)OCC(OCc2ccccc2)CO3)CC(C)C)C1. The zero-order valence-corrected chi connectivity index (χ0v) is 24.9. The smallest absolute Gasteiger partial charge is 0.253 e. The number of carbonyl (C=O) groups is 1. The van der Waals surface area contributed by atoms with Crippen LogP contribution in [0, 0.1) is 5.92 Å². The first-order valence-electron chi connectivity index (χ1n) is 14.8. The van der Waals surface area contributed by atoms with Crippen molar-refractivity contribution in [2.75, 3.05) is 46.6 Å². The average Bonchev–Trinajstić information content (AvgIpc) is 3.22. The van der Waals surface area contributed by atoms with Crippen LogP contribution in [-0.2, 0) is 34.0 Å². The summed E-state index contributed by atoms with van der Waals surface area (Å²) in [5.74, 6) is 2.54. The van der Waals surface area contributed by atoms with Gasteiger partial charge in [-0.3, -0.25) is 9.69 Å². The second-order valence-electron chi connectivity index (χ2n) is 11.3. The lowest BCUT2D eigenvalue weighted by molar-refractivity contribution is -0.151. The Morgan fingerprint density at radius 3 is 2.52 bits per heavy atom. The van der Waals surface area contributed by atoms with Crippen molar-refractivity contribution in [3.8, 4) is 17.2 Å². The molecular formula is C34H42N2O6. The fourth-order valence-electron chi connectivity index (χ4n) is 5.35. The number of benzene rings is 3. The second-order valence-corrected chi connectivity index (χ2v) is 11.3. The van der Waals surface area contributed by atoms with Crippen molar-refractivity contribution in [2.24, 2.45) is 5.92 Å². The number of morpholine rings is 1. The number of nitrogens with zero attached hydrogens (tertiary/aromatic N) is 2. The van der Waals surface area contributed by atoms with E-state index < -0.39 is 6.10 Å². The van der Waals surface area contributed by atoms with Gasteiger partial charge in [0.2, 0.25) is 0 Å². The molecule has 0 aliphatic carbocycles. The van der Waals surface area contributed by atoms with Gasteiger partial charge in [0.15, 0.2) is 11.5 Å². The van der Waals surface area contributed by atoms with Gasteiger partial charge < -0.3 is 28.6 Å². The first-order valence-corrected chi connectivity index (χ1v) is 14.8. The van der Waals surface area contributed by atoms with Gasteiger partial charge in [-0.25, -0.2) is 0 Å². The normalized spacial score (nSPS) is 18.9. The summed E-state index contributed by atoms with van der Waals surface area (Å²) >= 11 is 0. The van der Waals surface area contributed by atoms with Crippen LogP contribution in [0.25, 0.3) is 0 Å². The minimum Gasteiger partial charge on any atom is -0.496 e. The molecule has 2 unspecified atom stereocenters. The van der Waals surface area contributed by atoms with E-state index in [-0.39, 0.29) is 12.0 Å². The van der Waals surface area contributed by atoms with Gasteiger partial charge >= 0.3 is 0 Å². The van der Waals surface area contributed by atoms with Crippen molar-refractivity contribution in [1.82, 2.24) is 9.80 Å². The summed E-state index contributed by atoms with van der Waals surface area (Å²) < 4.78 is 29.8. The third-order valence-corrected chi connectivity index (χ3v) is 7.47. The Kier molecular flexibility index (Phi) is 10.3. The van der Waals surface area contributed by atoms with E-state index in [0.717, 1.165) is 29.0 Å². The van der Waals surface area contributed by atoms with Crippen LogP contribution in [0.15, 0.2) is 72.8 Å². The molecule has 0 N–H and O–H groups in total. The number of methoxy groups -OCH3 is 1. The summed E-state index contributed by atoms with van der Waals surface area (Å²) in [6.07, 6.45) is -0.697. The fourth-order valence-corrected chi connectivity index (χ4v) is 5.35. The summed E-state index contributed by atoms with van der Waals surface area (Å²) in [4.78, 5) is 18.0. The van der Waals surface area contributed by atoms with Gasteiger partial charge in [0.1, 0.15) is 31.2 Å². The Morgan fingerprint density at radius 1 is 0.976 bits per heavy atom. The van der Waals surface area contributed by atoms with Crippen molar-refractivity contribution in [2.45, 2.75) is 45.8 Å². The molecule has 0 radical (unpaired) electrons. The topological polar surface area (TPSA) is 69.7 Å². The van der Waals surface area contributed by atoms with Crippen LogP contribution in [-0.4, -0.2) is 74.5 Å². The minimum atomic E-state index is -0.518. The molecule has 5 rings (SSSR count). The largest absolute Gasteiger partial charge is 0.496 e. The minimum absolute atomic E-state index is 0.00918. The third-order valence-electron chi connectivity index (χ3n) is 7.47. The van der Waals surface area contributed by atoms with Crippen LogP contribution < -0.4 is 14.2 Å². The Morgan fingerprint density at radius 2 is 1.74 bits per heavy atom. The lowest BCUT2D eigenvalue weighted by Crippen LogP contribution is -2.51. The van der Waals surface area contributed by atoms with E-state index in [1.807, 2.05) is 71.6 Å². The Balaban J connectivity index is 1.21. The lowest BCUT2D eigenvalue weighted by Gasteiger charge is -2.35. The summed E-state index contributed by atoms with van der Waals surface area (Å²) in [5.41, 5.74) is 3.20. The molecule has 0 aromatic heterocycles. The van der Waals surface area contributed by atoms with Crippen LogP contribution in [0.3, 0.4) is 0 Å². The molecule has 1 saturated heterocycles. The molecule has 0 spiro atoms. The molecule has 0 saturated carbocycles. The Labute approximate surface area is 249 Å². The molecule has 2 aliphatic heterocycles. The first kappa shape index (κ1) is 29.9.